The lowest BCUT2D eigenvalue weighted by Crippen LogP contribution is -2.34. The summed E-state index contributed by atoms with van der Waals surface area (Å²) < 4.78 is 0. The van der Waals surface area contributed by atoms with Gasteiger partial charge < -0.3 is 5.32 Å². The minimum Gasteiger partial charge on any atom is -0.349 e. The first-order valence-electron chi connectivity index (χ1n) is 5.39. The lowest BCUT2D eigenvalue weighted by Gasteiger charge is -2.14. The predicted molar refractivity (Wildman–Crippen MR) is 71.5 cm³/mol. The fourth-order valence-electron chi connectivity index (χ4n) is 1.50. The Labute approximate surface area is 109 Å². The maximum Gasteiger partial charge on any atom is 0.263 e. The third kappa shape index (κ3) is 3.56. The van der Waals surface area contributed by atoms with Crippen LogP contribution in [0.1, 0.15) is 40.1 Å². The van der Waals surface area contributed by atoms with E-state index < -0.39 is 0 Å². The van der Waals surface area contributed by atoms with Gasteiger partial charge in [-0.1, -0.05) is 22.9 Å². The number of amides is 1. The molecular formula is C11H17BrN2OS. The second kappa shape index (κ2) is 6.35. The molecule has 16 heavy (non-hydrogen) atoms. The van der Waals surface area contributed by atoms with Crippen molar-refractivity contribution in [2.24, 2.45) is 0 Å². The summed E-state index contributed by atoms with van der Waals surface area (Å²) in [6.07, 6.45) is 1.91. The van der Waals surface area contributed by atoms with Crippen molar-refractivity contribution in [2.45, 2.75) is 39.7 Å². The van der Waals surface area contributed by atoms with E-state index in [9.17, 15) is 4.79 Å². The number of alkyl halides is 1. The minimum atomic E-state index is 0.0101. The van der Waals surface area contributed by atoms with Gasteiger partial charge in [-0.3, -0.25) is 4.79 Å². The Balaban J connectivity index is 2.67. The molecule has 0 aliphatic heterocycles. The van der Waals surface area contributed by atoms with Gasteiger partial charge >= 0.3 is 0 Å². The van der Waals surface area contributed by atoms with Crippen LogP contribution in [0, 0.1) is 13.8 Å². The summed E-state index contributed by atoms with van der Waals surface area (Å²) in [5.41, 5.74) is 0.827. The summed E-state index contributed by atoms with van der Waals surface area (Å²) in [5, 5.41) is 4.89. The third-order valence-corrected chi connectivity index (χ3v) is 3.92. The van der Waals surface area contributed by atoms with Crippen LogP contribution in [0.3, 0.4) is 0 Å². The number of aromatic nitrogens is 1. The van der Waals surface area contributed by atoms with Gasteiger partial charge in [0.25, 0.3) is 5.91 Å². The zero-order chi connectivity index (χ0) is 12.1. The summed E-state index contributed by atoms with van der Waals surface area (Å²) in [6.45, 7) is 5.88. The molecule has 1 rings (SSSR count). The van der Waals surface area contributed by atoms with Crippen molar-refractivity contribution in [3.63, 3.8) is 0 Å². The average Bonchev–Trinajstić information content (AvgIpc) is 2.57. The standard InChI is InChI=1S/C11H17BrN2OS/c1-4-9(5-6-12)14-11(15)10-7(2)13-8(3)16-10/h9H,4-6H2,1-3H3,(H,14,15). The maximum absolute atomic E-state index is 12.0. The molecule has 0 fully saturated rings. The normalized spacial score (nSPS) is 12.5. The number of carbonyl (C=O) groups is 1. The fraction of sp³-hybridized carbons (Fsp3) is 0.636. The SMILES string of the molecule is CCC(CCBr)NC(=O)c1sc(C)nc1C. The van der Waals surface area contributed by atoms with Gasteiger partial charge in [0.15, 0.2) is 0 Å². The number of nitrogens with one attached hydrogen (secondary N) is 1. The number of hydrogen-bond acceptors (Lipinski definition) is 3. The highest BCUT2D eigenvalue weighted by molar-refractivity contribution is 9.09. The molecule has 3 nitrogen and oxygen atoms in total. The Kier molecular flexibility index (Phi) is 5.41. The lowest BCUT2D eigenvalue weighted by atomic mass is 10.1. The van der Waals surface area contributed by atoms with Crippen LogP contribution in [-0.2, 0) is 0 Å². The van der Waals surface area contributed by atoms with E-state index in [2.05, 4.69) is 33.2 Å². The molecule has 5 heteroatoms. The Morgan fingerprint density at radius 3 is 2.69 bits per heavy atom. The number of carbonyl (C=O) groups excluding carboxylic acids is 1. The average molecular weight is 305 g/mol. The van der Waals surface area contributed by atoms with Crippen LogP contribution >= 0.6 is 27.3 Å². The summed E-state index contributed by atoms with van der Waals surface area (Å²) in [5.74, 6) is 0.0101. The van der Waals surface area contributed by atoms with Crippen molar-refractivity contribution in [3.8, 4) is 0 Å². The highest BCUT2D eigenvalue weighted by atomic mass is 79.9. The molecule has 0 bridgehead atoms. The molecule has 1 aromatic rings. The maximum atomic E-state index is 12.0. The summed E-state index contributed by atoms with van der Waals surface area (Å²) >= 11 is 4.85. The van der Waals surface area contributed by atoms with Crippen molar-refractivity contribution in [1.82, 2.24) is 10.3 Å². The van der Waals surface area contributed by atoms with Crippen molar-refractivity contribution in [2.75, 3.05) is 5.33 Å². The van der Waals surface area contributed by atoms with E-state index in [1.807, 2.05) is 13.8 Å². The van der Waals surface area contributed by atoms with E-state index in [4.69, 9.17) is 0 Å². The van der Waals surface area contributed by atoms with Gasteiger partial charge in [0.05, 0.1) is 10.7 Å². The fourth-order valence-corrected chi connectivity index (χ4v) is 2.88. The van der Waals surface area contributed by atoms with Crippen LogP contribution in [0.5, 0.6) is 0 Å². The van der Waals surface area contributed by atoms with Gasteiger partial charge in [0.2, 0.25) is 0 Å². The molecule has 1 unspecified atom stereocenters. The van der Waals surface area contributed by atoms with Crippen LogP contribution in [0.4, 0.5) is 0 Å². The van der Waals surface area contributed by atoms with Gasteiger partial charge in [0.1, 0.15) is 4.88 Å². The third-order valence-electron chi connectivity index (χ3n) is 2.40. The molecule has 0 spiro atoms. The number of halogens is 1. The Hall–Kier alpha value is -0.420. The molecule has 90 valence electrons. The molecule has 0 aliphatic carbocycles. The Bertz CT molecular complexity index is 365. The molecule has 0 aromatic carbocycles. The van der Waals surface area contributed by atoms with Crippen LogP contribution < -0.4 is 5.32 Å². The van der Waals surface area contributed by atoms with Crippen LogP contribution in [0.2, 0.25) is 0 Å². The first-order chi connectivity index (χ1) is 7.58. The quantitative estimate of drug-likeness (QED) is 0.850. The van der Waals surface area contributed by atoms with E-state index >= 15 is 0 Å². The minimum absolute atomic E-state index is 0.0101. The monoisotopic (exact) mass is 304 g/mol. The predicted octanol–water partition coefficient (Wildman–Crippen LogP) is 3.05. The molecule has 0 radical (unpaired) electrons. The highest BCUT2D eigenvalue weighted by Gasteiger charge is 2.16. The van der Waals surface area contributed by atoms with Gasteiger partial charge in [-0.15, -0.1) is 11.3 Å². The zero-order valence-electron chi connectivity index (χ0n) is 9.84. The number of aryl methyl sites for hydroxylation is 2. The lowest BCUT2D eigenvalue weighted by molar-refractivity contribution is 0.0938. The number of hydrogen-bond donors (Lipinski definition) is 1. The molecule has 1 heterocycles. The molecular weight excluding hydrogens is 288 g/mol. The molecule has 1 atom stereocenters. The van der Waals surface area contributed by atoms with Crippen molar-refractivity contribution in [1.29, 1.82) is 0 Å². The summed E-state index contributed by atoms with van der Waals surface area (Å²) in [6, 6.07) is 0.244. The molecule has 0 saturated carbocycles. The van der Waals surface area contributed by atoms with E-state index in [1.165, 1.54) is 11.3 Å². The topological polar surface area (TPSA) is 42.0 Å². The Morgan fingerprint density at radius 2 is 2.25 bits per heavy atom. The number of nitrogens with zero attached hydrogens (tertiary/aromatic N) is 1. The first-order valence-corrected chi connectivity index (χ1v) is 7.33. The molecule has 0 saturated heterocycles. The summed E-state index contributed by atoms with van der Waals surface area (Å²) in [7, 11) is 0. The van der Waals surface area contributed by atoms with Gasteiger partial charge in [-0.2, -0.15) is 0 Å². The van der Waals surface area contributed by atoms with Gasteiger partial charge in [0, 0.05) is 11.4 Å². The summed E-state index contributed by atoms with van der Waals surface area (Å²) in [4.78, 5) is 17.0. The van der Waals surface area contributed by atoms with Crippen molar-refractivity contribution in [3.05, 3.63) is 15.6 Å². The molecule has 1 N–H and O–H groups in total. The molecule has 0 aliphatic rings. The zero-order valence-corrected chi connectivity index (χ0v) is 12.2. The Morgan fingerprint density at radius 1 is 1.56 bits per heavy atom. The van der Waals surface area contributed by atoms with Gasteiger partial charge in [-0.25, -0.2) is 4.98 Å². The smallest absolute Gasteiger partial charge is 0.263 e. The van der Waals surface area contributed by atoms with E-state index in [1.54, 1.807) is 0 Å². The number of thiazole rings is 1. The molecule has 1 amide bonds. The van der Waals surface area contributed by atoms with Crippen molar-refractivity contribution >= 4 is 33.2 Å². The molecule has 1 aromatic heterocycles. The van der Waals surface area contributed by atoms with Crippen LogP contribution in [0.25, 0.3) is 0 Å². The van der Waals surface area contributed by atoms with Crippen LogP contribution in [0.15, 0.2) is 0 Å². The van der Waals surface area contributed by atoms with Gasteiger partial charge in [-0.05, 0) is 26.7 Å². The van der Waals surface area contributed by atoms with E-state index in [-0.39, 0.29) is 11.9 Å². The van der Waals surface area contributed by atoms with Crippen molar-refractivity contribution < 1.29 is 4.79 Å². The first kappa shape index (κ1) is 13.6. The second-order valence-corrected chi connectivity index (χ2v) is 5.70. The van der Waals surface area contributed by atoms with Crippen LogP contribution in [-0.4, -0.2) is 22.3 Å². The highest BCUT2D eigenvalue weighted by Crippen LogP contribution is 2.17. The largest absolute Gasteiger partial charge is 0.349 e. The second-order valence-electron chi connectivity index (χ2n) is 3.70. The van der Waals surface area contributed by atoms with E-state index in [0.717, 1.165) is 33.8 Å². The van der Waals surface area contributed by atoms with E-state index in [0.29, 0.717) is 0 Å². The number of rotatable bonds is 5.